The van der Waals surface area contributed by atoms with Crippen molar-refractivity contribution in [2.75, 3.05) is 0 Å². The number of nitrogens with zero attached hydrogens (tertiary/aromatic N) is 6. The molecule has 13 aromatic carbocycles. The Kier molecular flexibility index (Phi) is 15.8. The maximum Gasteiger partial charge on any atom is 0.164 e. The predicted octanol–water partition coefficient (Wildman–Crippen LogP) is 24.5. The molecule has 0 saturated heterocycles. The highest BCUT2D eigenvalue weighted by Crippen LogP contribution is 2.50. The molecule has 2 heterocycles. The summed E-state index contributed by atoms with van der Waals surface area (Å²) in [5.74, 6) is 3.79. The molecule has 15 rings (SSSR count). The van der Waals surface area contributed by atoms with E-state index in [1.165, 1.54) is 76.5 Å². The van der Waals surface area contributed by atoms with Crippen molar-refractivity contribution in [2.45, 2.75) is 105 Å². The van der Waals surface area contributed by atoms with E-state index in [1.54, 1.807) is 0 Å². The van der Waals surface area contributed by atoms with Gasteiger partial charge in [0.15, 0.2) is 34.9 Å². The summed E-state index contributed by atoms with van der Waals surface area (Å²) < 4.78 is 0. The summed E-state index contributed by atoms with van der Waals surface area (Å²) in [6.45, 7) is 26.9. The number of rotatable bonds is 10. The van der Waals surface area contributed by atoms with Gasteiger partial charge in [0.1, 0.15) is 0 Å². The van der Waals surface area contributed by atoms with E-state index in [0.717, 1.165) is 66.8 Å². The smallest absolute Gasteiger partial charge is 0.164 e. The Bertz CT molecular complexity index is 4930. The van der Waals surface area contributed by atoms with E-state index >= 15 is 0 Å². The molecular weight excluding hydrogens is 1190 g/mol. The van der Waals surface area contributed by atoms with E-state index in [9.17, 15) is 0 Å². The minimum atomic E-state index is 0.0104. The second-order valence-corrected chi connectivity index (χ2v) is 30.4. The van der Waals surface area contributed by atoms with Crippen LogP contribution in [-0.4, -0.2) is 29.9 Å². The maximum absolute atomic E-state index is 5.22. The van der Waals surface area contributed by atoms with Gasteiger partial charge < -0.3 is 0 Å². The second kappa shape index (κ2) is 24.5. The highest BCUT2D eigenvalue weighted by Gasteiger charge is 2.25. The first kappa shape index (κ1) is 63.0. The van der Waals surface area contributed by atoms with Crippen molar-refractivity contribution < 1.29 is 0 Å². The summed E-state index contributed by atoms with van der Waals surface area (Å²) >= 11 is 0. The van der Waals surface area contributed by atoms with Crippen molar-refractivity contribution in [2.24, 2.45) is 0 Å². The SMILES string of the molecule is CC(C)(C)c1ccc(-c2nc(-c3ccc(-c4ccccc4-c4c5cc6ccccc6cc5c(-c5ccccc5-c5ccc(-c6nc(-c7ccc(C(C)(C)C)cc7)nc(-c7ccc(C(C)(C)C)cc7)n6)cc5)c5cc6ccccc6cc45)cc3)nc(-c3ccc(C(C)(C)C)cc3)n2)cc1. The summed E-state index contributed by atoms with van der Waals surface area (Å²) in [4.78, 5) is 31.2. The van der Waals surface area contributed by atoms with Gasteiger partial charge in [-0.2, -0.15) is 0 Å². The predicted molar refractivity (Wildman–Crippen MR) is 412 cm³/mol. The lowest BCUT2D eigenvalue weighted by Gasteiger charge is -2.22. The minimum Gasteiger partial charge on any atom is -0.208 e. The molecule has 0 unspecified atom stereocenters. The topological polar surface area (TPSA) is 77.3 Å². The van der Waals surface area contributed by atoms with Gasteiger partial charge in [0.05, 0.1) is 0 Å². The zero-order chi connectivity index (χ0) is 67.8. The quantitative estimate of drug-likeness (QED) is 0.127. The molecule has 0 amide bonds. The molecular formula is C92H80N6. The van der Waals surface area contributed by atoms with Crippen LogP contribution >= 0.6 is 0 Å². The van der Waals surface area contributed by atoms with Crippen LogP contribution in [0.1, 0.15) is 105 Å². The average molecular weight is 1270 g/mol. The number of aromatic nitrogens is 6. The number of benzene rings is 13. The molecule has 6 nitrogen and oxygen atoms in total. The van der Waals surface area contributed by atoms with Crippen molar-refractivity contribution in [1.29, 1.82) is 0 Å². The molecule has 478 valence electrons. The maximum atomic E-state index is 5.22. The van der Waals surface area contributed by atoms with Crippen LogP contribution in [0.4, 0.5) is 0 Å². The van der Waals surface area contributed by atoms with Crippen LogP contribution in [0.5, 0.6) is 0 Å². The van der Waals surface area contributed by atoms with Gasteiger partial charge in [-0.05, 0) is 156 Å². The van der Waals surface area contributed by atoms with Gasteiger partial charge in [-0.1, -0.05) is 326 Å². The Balaban J connectivity index is 0.862. The van der Waals surface area contributed by atoms with Crippen molar-refractivity contribution in [3.05, 3.63) is 289 Å². The first-order valence-electron chi connectivity index (χ1n) is 34.2. The summed E-state index contributed by atoms with van der Waals surface area (Å²) in [5, 5.41) is 9.42. The fourth-order valence-electron chi connectivity index (χ4n) is 13.7. The highest BCUT2D eigenvalue weighted by atomic mass is 15.0. The van der Waals surface area contributed by atoms with Crippen molar-refractivity contribution >= 4 is 43.1 Å². The molecule has 0 spiro atoms. The third-order valence-corrected chi connectivity index (χ3v) is 19.5. The van der Waals surface area contributed by atoms with E-state index < -0.39 is 0 Å². The summed E-state index contributed by atoms with van der Waals surface area (Å²) in [5.41, 5.74) is 19.7. The Morgan fingerprint density at radius 2 is 0.357 bits per heavy atom. The van der Waals surface area contributed by atoms with E-state index in [0.29, 0.717) is 34.9 Å². The van der Waals surface area contributed by atoms with Crippen LogP contribution < -0.4 is 0 Å². The molecule has 0 aliphatic carbocycles. The molecule has 0 bridgehead atoms. The van der Waals surface area contributed by atoms with Crippen molar-refractivity contribution in [1.82, 2.24) is 29.9 Å². The van der Waals surface area contributed by atoms with E-state index in [-0.39, 0.29) is 21.7 Å². The lowest BCUT2D eigenvalue weighted by molar-refractivity contribution is 0.590. The second-order valence-electron chi connectivity index (χ2n) is 30.4. The largest absolute Gasteiger partial charge is 0.208 e. The third kappa shape index (κ3) is 12.3. The molecule has 0 saturated carbocycles. The Labute approximate surface area is 576 Å². The molecule has 0 aliphatic heterocycles. The van der Waals surface area contributed by atoms with Gasteiger partial charge in [0, 0.05) is 33.4 Å². The van der Waals surface area contributed by atoms with Gasteiger partial charge in [0.25, 0.3) is 0 Å². The van der Waals surface area contributed by atoms with Crippen LogP contribution in [0.15, 0.2) is 267 Å². The van der Waals surface area contributed by atoms with E-state index in [2.05, 4.69) is 350 Å². The molecule has 0 radical (unpaired) electrons. The van der Waals surface area contributed by atoms with Gasteiger partial charge >= 0.3 is 0 Å². The Morgan fingerprint density at radius 3 is 0.561 bits per heavy atom. The molecule has 0 aliphatic rings. The molecule has 98 heavy (non-hydrogen) atoms. The normalized spacial score (nSPS) is 12.3. The molecule has 0 N–H and O–H groups in total. The summed E-state index contributed by atoms with van der Waals surface area (Å²) in [6, 6.07) is 97.4. The molecule has 15 aromatic rings. The molecule has 2 aromatic heterocycles. The molecule has 0 fully saturated rings. The van der Waals surface area contributed by atoms with Crippen LogP contribution in [0.25, 0.3) is 156 Å². The molecule has 6 heteroatoms. The van der Waals surface area contributed by atoms with Gasteiger partial charge in [-0.3, -0.25) is 0 Å². The highest BCUT2D eigenvalue weighted by molar-refractivity contribution is 6.27. The Morgan fingerprint density at radius 1 is 0.184 bits per heavy atom. The number of fused-ring (bicyclic) bond motifs is 4. The summed E-state index contributed by atoms with van der Waals surface area (Å²) in [7, 11) is 0. The molecule has 0 atom stereocenters. The number of hydrogen-bond acceptors (Lipinski definition) is 6. The zero-order valence-electron chi connectivity index (χ0n) is 58.1. The van der Waals surface area contributed by atoms with Gasteiger partial charge in [-0.25, -0.2) is 29.9 Å². The van der Waals surface area contributed by atoms with Gasteiger partial charge in [-0.15, -0.1) is 0 Å². The van der Waals surface area contributed by atoms with Gasteiger partial charge in [0.2, 0.25) is 0 Å². The lowest BCUT2D eigenvalue weighted by Crippen LogP contribution is -2.11. The van der Waals surface area contributed by atoms with Crippen molar-refractivity contribution in [3.63, 3.8) is 0 Å². The monoisotopic (exact) mass is 1270 g/mol. The van der Waals surface area contributed by atoms with Crippen LogP contribution in [0.2, 0.25) is 0 Å². The fourth-order valence-corrected chi connectivity index (χ4v) is 13.7. The first-order chi connectivity index (χ1) is 47.1. The van der Waals surface area contributed by atoms with E-state index in [1.807, 2.05) is 0 Å². The third-order valence-electron chi connectivity index (χ3n) is 19.5. The first-order valence-corrected chi connectivity index (χ1v) is 34.2. The fraction of sp³-hybridized carbons (Fsp3) is 0.174. The standard InChI is InChI=1S/C92H80N6/c1-89(2,3)69-45-37-61(38-46-69)85-93-83(94-86(97-85)62-39-47-70(48-40-62)90(4,5)6)59-33-29-57(30-34-59)73-25-17-19-27-75(73)81-77-53-65-21-13-15-23-67(65)55-79(77)82(80-56-68-24-16-14-22-66(68)54-78(80)81)76-28-20-18-26-74(76)58-31-35-60(36-32-58)84-95-87(63-41-49-71(50-42-63)91(7,8)9)98-88(96-84)64-43-51-72(52-44-64)92(10,11)12/h13-56H,1-12H3. The minimum absolute atomic E-state index is 0.0104. The van der Waals surface area contributed by atoms with Crippen LogP contribution in [-0.2, 0) is 21.7 Å². The Hall–Kier alpha value is -11.1. The average Bonchev–Trinajstić information content (AvgIpc) is 0.712. The van der Waals surface area contributed by atoms with Crippen molar-refractivity contribution in [3.8, 4) is 113 Å². The van der Waals surface area contributed by atoms with Crippen LogP contribution in [0.3, 0.4) is 0 Å². The van der Waals surface area contributed by atoms with E-state index in [4.69, 9.17) is 29.9 Å². The zero-order valence-corrected chi connectivity index (χ0v) is 58.1. The lowest BCUT2D eigenvalue weighted by atomic mass is 9.81. The summed E-state index contributed by atoms with van der Waals surface area (Å²) in [6.07, 6.45) is 0. The number of hydrogen-bond donors (Lipinski definition) is 0. The van der Waals surface area contributed by atoms with Crippen LogP contribution in [0, 0.1) is 0 Å².